The lowest BCUT2D eigenvalue weighted by Gasteiger charge is -2.19. The molecule has 0 N–H and O–H groups in total. The lowest BCUT2D eigenvalue weighted by Crippen LogP contribution is -2.23. The molecule has 0 radical (unpaired) electrons. The average molecular weight is 281 g/mol. The van der Waals surface area contributed by atoms with Crippen LogP contribution >= 0.6 is 0 Å². The summed E-state index contributed by atoms with van der Waals surface area (Å²) in [4.78, 5) is 6.12. The molecule has 4 nitrogen and oxygen atoms in total. The maximum absolute atomic E-state index is 8.73. The van der Waals surface area contributed by atoms with E-state index in [0.29, 0.717) is 12.3 Å². The van der Waals surface area contributed by atoms with Crippen molar-refractivity contribution in [2.45, 2.75) is 13.8 Å². The number of pyridine rings is 1. The van der Waals surface area contributed by atoms with Crippen LogP contribution in [0.3, 0.4) is 0 Å². The zero-order chi connectivity index (χ0) is 15.2. The maximum Gasteiger partial charge on any atom is 0.140 e. The second-order valence-corrected chi connectivity index (χ2v) is 5.11. The SMILES string of the molecule is Cc1cc(C)cc(OCCN(C)c2ccc(C#N)nc2)c1. The molecule has 0 aliphatic carbocycles. The lowest BCUT2D eigenvalue weighted by atomic mass is 10.1. The maximum atomic E-state index is 8.73. The number of hydrogen-bond donors (Lipinski definition) is 0. The van der Waals surface area contributed by atoms with Crippen LogP contribution in [0.4, 0.5) is 5.69 Å². The normalized spacial score (nSPS) is 10.0. The highest BCUT2D eigenvalue weighted by Crippen LogP contribution is 2.16. The Hall–Kier alpha value is -2.54. The Labute approximate surface area is 125 Å². The highest BCUT2D eigenvalue weighted by molar-refractivity contribution is 5.45. The minimum absolute atomic E-state index is 0.429. The number of ether oxygens (including phenoxy) is 1. The Morgan fingerprint density at radius 2 is 1.90 bits per heavy atom. The van der Waals surface area contributed by atoms with Crippen molar-refractivity contribution in [3.05, 3.63) is 53.3 Å². The van der Waals surface area contributed by atoms with Crippen LogP contribution in [0.25, 0.3) is 0 Å². The van der Waals surface area contributed by atoms with Gasteiger partial charge in [-0.2, -0.15) is 5.26 Å². The van der Waals surface area contributed by atoms with Crippen LogP contribution in [0.5, 0.6) is 5.75 Å². The molecule has 21 heavy (non-hydrogen) atoms. The monoisotopic (exact) mass is 281 g/mol. The Bertz CT molecular complexity index is 624. The molecule has 0 saturated carbocycles. The molecule has 0 bridgehead atoms. The Balaban J connectivity index is 1.88. The summed E-state index contributed by atoms with van der Waals surface area (Å²) in [6, 6.07) is 11.8. The quantitative estimate of drug-likeness (QED) is 0.845. The molecule has 0 atom stereocenters. The molecule has 0 aliphatic heterocycles. The van der Waals surface area contributed by atoms with Crippen LogP contribution < -0.4 is 9.64 Å². The predicted octanol–water partition coefficient (Wildman–Crippen LogP) is 3.09. The molecule has 108 valence electrons. The third kappa shape index (κ3) is 4.22. The first-order valence-corrected chi connectivity index (χ1v) is 6.87. The van der Waals surface area contributed by atoms with E-state index in [9.17, 15) is 0 Å². The van der Waals surface area contributed by atoms with E-state index in [1.165, 1.54) is 11.1 Å². The number of benzene rings is 1. The number of nitrogens with zero attached hydrogens (tertiary/aromatic N) is 3. The van der Waals surface area contributed by atoms with E-state index in [1.807, 2.05) is 31.3 Å². The molecule has 0 fully saturated rings. The first kappa shape index (κ1) is 14.9. The molecule has 2 rings (SSSR count). The van der Waals surface area contributed by atoms with E-state index in [2.05, 4.69) is 29.8 Å². The first-order valence-electron chi connectivity index (χ1n) is 6.87. The van der Waals surface area contributed by atoms with Gasteiger partial charge in [-0.15, -0.1) is 0 Å². The van der Waals surface area contributed by atoms with Gasteiger partial charge in [0.2, 0.25) is 0 Å². The first-order chi connectivity index (χ1) is 10.1. The summed E-state index contributed by atoms with van der Waals surface area (Å²) in [6.07, 6.45) is 1.70. The Morgan fingerprint density at radius 1 is 1.19 bits per heavy atom. The van der Waals surface area contributed by atoms with Gasteiger partial charge in [0, 0.05) is 7.05 Å². The minimum Gasteiger partial charge on any atom is -0.492 e. The molecule has 1 aromatic heterocycles. The van der Waals surface area contributed by atoms with Crippen LogP contribution in [-0.2, 0) is 0 Å². The summed E-state index contributed by atoms with van der Waals surface area (Å²) in [5.74, 6) is 0.902. The molecule has 0 saturated heterocycles. The van der Waals surface area contributed by atoms with Gasteiger partial charge in [0.05, 0.1) is 18.4 Å². The van der Waals surface area contributed by atoms with Gasteiger partial charge in [-0.25, -0.2) is 4.98 Å². The van der Waals surface area contributed by atoms with Crippen molar-refractivity contribution in [2.24, 2.45) is 0 Å². The minimum atomic E-state index is 0.429. The van der Waals surface area contributed by atoms with Crippen molar-refractivity contribution in [1.29, 1.82) is 5.26 Å². The summed E-state index contributed by atoms with van der Waals surface area (Å²) >= 11 is 0. The fourth-order valence-corrected chi connectivity index (χ4v) is 2.12. The Morgan fingerprint density at radius 3 is 2.48 bits per heavy atom. The predicted molar refractivity (Wildman–Crippen MR) is 83.6 cm³/mol. The van der Waals surface area contributed by atoms with Crippen molar-refractivity contribution in [3.63, 3.8) is 0 Å². The summed E-state index contributed by atoms with van der Waals surface area (Å²) in [6.45, 7) is 5.47. The van der Waals surface area contributed by atoms with Gasteiger partial charge in [0.25, 0.3) is 0 Å². The fourth-order valence-electron chi connectivity index (χ4n) is 2.12. The molecule has 0 amide bonds. The molecule has 0 spiro atoms. The topological polar surface area (TPSA) is 49.1 Å². The summed E-state index contributed by atoms with van der Waals surface area (Å²) < 4.78 is 5.79. The van der Waals surface area contributed by atoms with Crippen molar-refractivity contribution < 1.29 is 4.74 Å². The van der Waals surface area contributed by atoms with Crippen molar-refractivity contribution >= 4 is 5.69 Å². The molecule has 1 heterocycles. The van der Waals surface area contributed by atoms with Gasteiger partial charge < -0.3 is 9.64 Å². The van der Waals surface area contributed by atoms with Crippen molar-refractivity contribution in [2.75, 3.05) is 25.1 Å². The summed E-state index contributed by atoms with van der Waals surface area (Å²) in [5, 5.41) is 8.73. The van der Waals surface area contributed by atoms with Crippen molar-refractivity contribution in [1.82, 2.24) is 4.98 Å². The average Bonchev–Trinajstić information content (AvgIpc) is 2.46. The summed E-state index contributed by atoms with van der Waals surface area (Å²) in [5.41, 5.74) is 3.81. The molecule has 2 aromatic rings. The summed E-state index contributed by atoms with van der Waals surface area (Å²) in [7, 11) is 1.98. The number of aromatic nitrogens is 1. The van der Waals surface area contributed by atoms with E-state index in [-0.39, 0.29) is 0 Å². The zero-order valence-electron chi connectivity index (χ0n) is 12.6. The number of anilines is 1. The third-order valence-electron chi connectivity index (χ3n) is 3.19. The van der Waals surface area contributed by atoms with Crippen LogP contribution in [0.2, 0.25) is 0 Å². The second kappa shape index (κ2) is 6.76. The molecular weight excluding hydrogens is 262 g/mol. The van der Waals surface area contributed by atoms with E-state index in [4.69, 9.17) is 10.00 Å². The highest BCUT2D eigenvalue weighted by Gasteiger charge is 2.03. The van der Waals surface area contributed by atoms with Gasteiger partial charge >= 0.3 is 0 Å². The van der Waals surface area contributed by atoms with Crippen LogP contribution in [0.15, 0.2) is 36.5 Å². The number of hydrogen-bond acceptors (Lipinski definition) is 4. The van der Waals surface area contributed by atoms with E-state index in [0.717, 1.165) is 18.0 Å². The van der Waals surface area contributed by atoms with E-state index >= 15 is 0 Å². The van der Waals surface area contributed by atoms with Gasteiger partial charge in [0.15, 0.2) is 0 Å². The second-order valence-electron chi connectivity index (χ2n) is 5.11. The molecule has 0 aliphatic rings. The van der Waals surface area contributed by atoms with Crippen LogP contribution in [-0.4, -0.2) is 25.2 Å². The Kier molecular flexibility index (Phi) is 4.78. The highest BCUT2D eigenvalue weighted by atomic mass is 16.5. The van der Waals surface area contributed by atoms with Gasteiger partial charge in [-0.3, -0.25) is 0 Å². The van der Waals surface area contributed by atoms with Gasteiger partial charge in [0.1, 0.15) is 24.1 Å². The number of aryl methyl sites for hydroxylation is 2. The smallest absolute Gasteiger partial charge is 0.140 e. The van der Waals surface area contributed by atoms with Crippen LogP contribution in [0, 0.1) is 25.2 Å². The number of nitriles is 1. The van der Waals surface area contributed by atoms with E-state index in [1.54, 1.807) is 12.3 Å². The standard InChI is InChI=1S/C17H19N3O/c1-13-8-14(2)10-17(9-13)21-7-6-20(3)16-5-4-15(11-18)19-12-16/h4-5,8-10,12H,6-7H2,1-3H3. The zero-order valence-corrected chi connectivity index (χ0v) is 12.6. The number of likely N-dealkylation sites (N-methyl/N-ethyl adjacent to an activating group) is 1. The van der Waals surface area contributed by atoms with Crippen LogP contribution in [0.1, 0.15) is 16.8 Å². The number of rotatable bonds is 5. The van der Waals surface area contributed by atoms with E-state index < -0.39 is 0 Å². The molecular formula is C17H19N3O. The molecule has 1 aromatic carbocycles. The fraction of sp³-hybridized carbons (Fsp3) is 0.294. The van der Waals surface area contributed by atoms with Gasteiger partial charge in [-0.05, 0) is 49.2 Å². The largest absolute Gasteiger partial charge is 0.492 e. The van der Waals surface area contributed by atoms with Gasteiger partial charge in [-0.1, -0.05) is 6.07 Å². The van der Waals surface area contributed by atoms with Crippen molar-refractivity contribution in [3.8, 4) is 11.8 Å². The third-order valence-corrected chi connectivity index (χ3v) is 3.19. The molecule has 4 heteroatoms. The lowest BCUT2D eigenvalue weighted by molar-refractivity contribution is 0.325. The molecule has 0 unspecified atom stereocenters.